The Hall–Kier alpha value is -3.46. The van der Waals surface area contributed by atoms with Crippen molar-refractivity contribution in [1.29, 1.82) is 0 Å². The largest absolute Gasteiger partial charge is 0.508 e. The first kappa shape index (κ1) is 16.0. The monoisotopic (exact) mass is 342 g/mol. The molecule has 26 heavy (non-hydrogen) atoms. The molecule has 0 radical (unpaired) electrons. The third-order valence-electron chi connectivity index (χ3n) is 4.39. The lowest BCUT2D eigenvalue weighted by Gasteiger charge is -2.10. The van der Waals surface area contributed by atoms with Gasteiger partial charge in [0.25, 0.3) is 0 Å². The molecule has 0 unspecified atom stereocenters. The molecule has 4 aromatic rings. The molecule has 3 nitrogen and oxygen atoms in total. The van der Waals surface area contributed by atoms with Crippen LogP contribution in [0, 0.1) is 0 Å². The van der Waals surface area contributed by atoms with E-state index in [0.29, 0.717) is 12.0 Å². The molecular weight excluding hydrogens is 324 g/mol. The lowest BCUT2D eigenvalue weighted by molar-refractivity contribution is 0.306. The van der Waals surface area contributed by atoms with E-state index in [0.717, 1.165) is 27.8 Å². The van der Waals surface area contributed by atoms with Crippen molar-refractivity contribution in [2.45, 2.75) is 6.61 Å². The topological polar surface area (TPSA) is 49.7 Å². The van der Waals surface area contributed by atoms with Crippen LogP contribution in [0.3, 0.4) is 0 Å². The van der Waals surface area contributed by atoms with Crippen molar-refractivity contribution in [3.8, 4) is 28.4 Å². The second-order valence-electron chi connectivity index (χ2n) is 6.17. The van der Waals surface area contributed by atoms with E-state index in [1.54, 1.807) is 18.2 Å². The van der Waals surface area contributed by atoms with E-state index in [9.17, 15) is 10.2 Å². The number of phenolic OH excluding ortho intramolecular Hbond substituents is 2. The van der Waals surface area contributed by atoms with Gasteiger partial charge in [-0.1, -0.05) is 54.6 Å². The molecule has 0 amide bonds. The highest BCUT2D eigenvalue weighted by Crippen LogP contribution is 2.37. The third-order valence-corrected chi connectivity index (χ3v) is 4.39. The highest BCUT2D eigenvalue weighted by molar-refractivity contribution is 5.95. The molecule has 0 aliphatic heterocycles. The van der Waals surface area contributed by atoms with Crippen molar-refractivity contribution in [1.82, 2.24) is 0 Å². The van der Waals surface area contributed by atoms with Crippen LogP contribution < -0.4 is 4.74 Å². The van der Waals surface area contributed by atoms with Gasteiger partial charge in [-0.05, 0) is 46.8 Å². The molecule has 2 N–H and O–H groups in total. The van der Waals surface area contributed by atoms with Crippen molar-refractivity contribution in [3.05, 3.63) is 90.5 Å². The van der Waals surface area contributed by atoms with Crippen LogP contribution in [-0.2, 0) is 6.61 Å². The first-order valence-electron chi connectivity index (χ1n) is 8.42. The van der Waals surface area contributed by atoms with Gasteiger partial charge in [0.15, 0.2) is 0 Å². The van der Waals surface area contributed by atoms with Crippen molar-refractivity contribution >= 4 is 10.8 Å². The standard InChI is InChI=1S/C23H18O3/c24-19-9-13-22-18(14-19)8-12-21(23(22)25)17-6-10-20(11-7-17)26-15-16-4-2-1-3-5-16/h1-14,24-25H,15H2. The molecule has 128 valence electrons. The maximum Gasteiger partial charge on any atom is 0.131 e. The number of aromatic hydroxyl groups is 2. The minimum atomic E-state index is 0.185. The Morgan fingerprint density at radius 2 is 1.50 bits per heavy atom. The Morgan fingerprint density at radius 1 is 0.731 bits per heavy atom. The Bertz CT molecular complexity index is 1040. The lowest BCUT2D eigenvalue weighted by atomic mass is 9.99. The summed E-state index contributed by atoms with van der Waals surface area (Å²) in [5.41, 5.74) is 2.77. The lowest BCUT2D eigenvalue weighted by Crippen LogP contribution is -1.94. The number of benzene rings is 4. The summed E-state index contributed by atoms with van der Waals surface area (Å²) < 4.78 is 5.81. The number of hydrogen-bond acceptors (Lipinski definition) is 3. The molecule has 0 aromatic heterocycles. The Balaban J connectivity index is 1.58. The molecule has 0 atom stereocenters. The Morgan fingerprint density at radius 3 is 2.27 bits per heavy atom. The van der Waals surface area contributed by atoms with Gasteiger partial charge in [0.05, 0.1) is 0 Å². The van der Waals surface area contributed by atoms with Gasteiger partial charge in [-0.3, -0.25) is 0 Å². The summed E-state index contributed by atoms with van der Waals surface area (Å²) in [4.78, 5) is 0. The minimum Gasteiger partial charge on any atom is -0.508 e. The second-order valence-corrected chi connectivity index (χ2v) is 6.17. The van der Waals surface area contributed by atoms with Gasteiger partial charge in [0, 0.05) is 10.9 Å². The summed E-state index contributed by atoms with van der Waals surface area (Å²) in [5, 5.41) is 21.7. The van der Waals surface area contributed by atoms with Crippen molar-refractivity contribution < 1.29 is 14.9 Å². The number of fused-ring (bicyclic) bond motifs is 1. The van der Waals surface area contributed by atoms with Gasteiger partial charge in [-0.2, -0.15) is 0 Å². The summed E-state index contributed by atoms with van der Waals surface area (Å²) in [7, 11) is 0. The molecule has 0 heterocycles. The summed E-state index contributed by atoms with van der Waals surface area (Å²) in [5.74, 6) is 1.17. The average Bonchev–Trinajstić information content (AvgIpc) is 2.68. The van der Waals surface area contributed by atoms with E-state index in [1.807, 2.05) is 66.7 Å². The minimum absolute atomic E-state index is 0.185. The average molecular weight is 342 g/mol. The molecule has 0 saturated carbocycles. The zero-order chi connectivity index (χ0) is 17.9. The van der Waals surface area contributed by atoms with Gasteiger partial charge in [0.1, 0.15) is 23.9 Å². The first-order valence-corrected chi connectivity index (χ1v) is 8.42. The van der Waals surface area contributed by atoms with Crippen molar-refractivity contribution in [3.63, 3.8) is 0 Å². The summed E-state index contributed by atoms with van der Waals surface area (Å²) in [6.45, 7) is 0.519. The molecule has 4 rings (SSSR count). The number of rotatable bonds is 4. The van der Waals surface area contributed by atoms with Crippen LogP contribution in [0.4, 0.5) is 0 Å². The molecule has 0 spiro atoms. The summed E-state index contributed by atoms with van der Waals surface area (Å²) in [6.07, 6.45) is 0. The van der Waals surface area contributed by atoms with E-state index in [-0.39, 0.29) is 11.5 Å². The maximum absolute atomic E-state index is 10.6. The molecule has 0 aliphatic rings. The van der Waals surface area contributed by atoms with Crippen LogP contribution in [0.5, 0.6) is 17.2 Å². The Labute approximate surface area is 151 Å². The first-order chi connectivity index (χ1) is 12.7. The summed E-state index contributed by atoms with van der Waals surface area (Å²) >= 11 is 0. The van der Waals surface area contributed by atoms with Gasteiger partial charge in [-0.15, -0.1) is 0 Å². The number of phenols is 2. The predicted molar refractivity (Wildman–Crippen MR) is 103 cm³/mol. The van der Waals surface area contributed by atoms with Crippen molar-refractivity contribution in [2.24, 2.45) is 0 Å². The zero-order valence-corrected chi connectivity index (χ0v) is 14.1. The van der Waals surface area contributed by atoms with Crippen LogP contribution in [0.1, 0.15) is 5.56 Å². The predicted octanol–water partition coefficient (Wildman–Crippen LogP) is 5.50. The number of hydrogen-bond donors (Lipinski definition) is 2. The maximum atomic E-state index is 10.6. The quantitative estimate of drug-likeness (QED) is 0.515. The zero-order valence-electron chi connectivity index (χ0n) is 14.1. The van der Waals surface area contributed by atoms with Gasteiger partial charge in [-0.25, -0.2) is 0 Å². The van der Waals surface area contributed by atoms with Crippen LogP contribution >= 0.6 is 0 Å². The van der Waals surface area contributed by atoms with Crippen LogP contribution in [0.15, 0.2) is 84.9 Å². The second kappa shape index (κ2) is 6.81. The van der Waals surface area contributed by atoms with E-state index < -0.39 is 0 Å². The third kappa shape index (κ3) is 3.20. The SMILES string of the molecule is Oc1ccc2c(O)c(-c3ccc(OCc4ccccc4)cc3)ccc2c1. The highest BCUT2D eigenvalue weighted by atomic mass is 16.5. The van der Waals surface area contributed by atoms with E-state index >= 15 is 0 Å². The van der Waals surface area contributed by atoms with Gasteiger partial charge < -0.3 is 14.9 Å². The highest BCUT2D eigenvalue weighted by Gasteiger charge is 2.09. The fraction of sp³-hybridized carbons (Fsp3) is 0.0435. The fourth-order valence-corrected chi connectivity index (χ4v) is 3.01. The van der Waals surface area contributed by atoms with Crippen molar-refractivity contribution in [2.75, 3.05) is 0 Å². The molecule has 0 aliphatic carbocycles. The fourth-order valence-electron chi connectivity index (χ4n) is 3.01. The molecule has 4 aromatic carbocycles. The smallest absolute Gasteiger partial charge is 0.131 e. The molecule has 0 fully saturated rings. The van der Waals surface area contributed by atoms with Crippen LogP contribution in [0.25, 0.3) is 21.9 Å². The molecule has 3 heteroatoms. The van der Waals surface area contributed by atoms with Crippen LogP contribution in [0.2, 0.25) is 0 Å². The molecule has 0 bridgehead atoms. The van der Waals surface area contributed by atoms with Gasteiger partial charge in [0.2, 0.25) is 0 Å². The van der Waals surface area contributed by atoms with E-state index in [2.05, 4.69) is 0 Å². The van der Waals surface area contributed by atoms with E-state index in [4.69, 9.17) is 4.74 Å². The summed E-state index contributed by atoms with van der Waals surface area (Å²) in [6, 6.07) is 26.4. The molecular formula is C23H18O3. The molecule has 0 saturated heterocycles. The Kier molecular flexibility index (Phi) is 4.20. The van der Waals surface area contributed by atoms with E-state index in [1.165, 1.54) is 0 Å². The van der Waals surface area contributed by atoms with Gasteiger partial charge >= 0.3 is 0 Å². The number of ether oxygens (including phenoxy) is 1. The van der Waals surface area contributed by atoms with Crippen LogP contribution in [-0.4, -0.2) is 10.2 Å². The normalized spacial score (nSPS) is 10.8.